The molecule has 2 atom stereocenters. The van der Waals surface area contributed by atoms with Crippen molar-refractivity contribution in [2.75, 3.05) is 13.1 Å². The first-order valence-corrected chi connectivity index (χ1v) is 4.93. The third-order valence-electron chi connectivity index (χ3n) is 2.92. The van der Waals surface area contributed by atoms with Crippen molar-refractivity contribution in [2.24, 2.45) is 5.92 Å². The summed E-state index contributed by atoms with van der Waals surface area (Å²) in [5.74, 6) is 0.727. The standard InChI is InChI=1S/C9H16N4/c1-8(13-6-11-12-7-13)9-3-2-4-10-5-9/h6-10H,2-5H2,1H3. The van der Waals surface area contributed by atoms with Crippen LogP contribution in [0.15, 0.2) is 12.7 Å². The molecular weight excluding hydrogens is 164 g/mol. The zero-order chi connectivity index (χ0) is 9.10. The van der Waals surface area contributed by atoms with Crippen LogP contribution in [0, 0.1) is 5.92 Å². The van der Waals surface area contributed by atoms with E-state index in [1.807, 2.05) is 0 Å². The van der Waals surface area contributed by atoms with E-state index in [9.17, 15) is 0 Å². The Kier molecular flexibility index (Phi) is 2.59. The lowest BCUT2D eigenvalue weighted by Crippen LogP contribution is -2.34. The molecule has 2 rings (SSSR count). The highest BCUT2D eigenvalue weighted by molar-refractivity contribution is 4.79. The van der Waals surface area contributed by atoms with E-state index in [1.165, 1.54) is 19.4 Å². The van der Waals surface area contributed by atoms with Crippen LogP contribution < -0.4 is 5.32 Å². The number of piperidine rings is 1. The van der Waals surface area contributed by atoms with Crippen molar-refractivity contribution in [1.29, 1.82) is 0 Å². The Balaban J connectivity index is 1.99. The first-order valence-electron chi connectivity index (χ1n) is 4.93. The molecule has 1 fully saturated rings. The van der Waals surface area contributed by atoms with Gasteiger partial charge in [0.15, 0.2) is 0 Å². The lowest BCUT2D eigenvalue weighted by atomic mass is 9.93. The number of hydrogen-bond donors (Lipinski definition) is 1. The van der Waals surface area contributed by atoms with Gasteiger partial charge >= 0.3 is 0 Å². The van der Waals surface area contributed by atoms with Crippen molar-refractivity contribution < 1.29 is 0 Å². The molecule has 0 aliphatic carbocycles. The van der Waals surface area contributed by atoms with Gasteiger partial charge in [-0.2, -0.15) is 0 Å². The monoisotopic (exact) mass is 180 g/mol. The van der Waals surface area contributed by atoms with Gasteiger partial charge in [0.2, 0.25) is 0 Å². The van der Waals surface area contributed by atoms with Crippen molar-refractivity contribution in [3.8, 4) is 0 Å². The molecule has 4 heteroatoms. The normalized spacial score (nSPS) is 25.8. The zero-order valence-corrected chi connectivity index (χ0v) is 7.98. The Bertz CT molecular complexity index is 238. The van der Waals surface area contributed by atoms with E-state index < -0.39 is 0 Å². The maximum atomic E-state index is 3.83. The smallest absolute Gasteiger partial charge is 0.119 e. The largest absolute Gasteiger partial charge is 0.317 e. The van der Waals surface area contributed by atoms with Gasteiger partial charge in [-0.15, -0.1) is 10.2 Å². The topological polar surface area (TPSA) is 42.7 Å². The molecular formula is C9H16N4. The van der Waals surface area contributed by atoms with Crippen LogP contribution in [0.5, 0.6) is 0 Å². The SMILES string of the molecule is CC(C1CCCNC1)n1cnnc1. The summed E-state index contributed by atoms with van der Waals surface area (Å²) >= 11 is 0. The van der Waals surface area contributed by atoms with Crippen LogP contribution in [0.1, 0.15) is 25.8 Å². The summed E-state index contributed by atoms with van der Waals surface area (Å²) in [6, 6.07) is 0.516. The van der Waals surface area contributed by atoms with E-state index in [0.717, 1.165) is 12.5 Å². The second-order valence-electron chi connectivity index (χ2n) is 3.76. The van der Waals surface area contributed by atoms with Crippen molar-refractivity contribution in [3.63, 3.8) is 0 Å². The highest BCUT2D eigenvalue weighted by Crippen LogP contribution is 2.23. The molecule has 0 bridgehead atoms. The highest BCUT2D eigenvalue weighted by atomic mass is 15.2. The number of hydrogen-bond acceptors (Lipinski definition) is 3. The third kappa shape index (κ3) is 1.88. The lowest BCUT2D eigenvalue weighted by molar-refractivity contribution is 0.279. The fourth-order valence-corrected chi connectivity index (χ4v) is 1.95. The Labute approximate surface area is 78.4 Å². The predicted octanol–water partition coefficient (Wildman–Crippen LogP) is 0.839. The molecule has 0 saturated carbocycles. The average Bonchev–Trinajstić information content (AvgIpc) is 2.71. The van der Waals surface area contributed by atoms with Crippen LogP contribution in [0.4, 0.5) is 0 Å². The Hall–Kier alpha value is -0.900. The third-order valence-corrected chi connectivity index (χ3v) is 2.92. The lowest BCUT2D eigenvalue weighted by Gasteiger charge is -2.28. The van der Waals surface area contributed by atoms with Crippen LogP contribution in [0.2, 0.25) is 0 Å². The second-order valence-corrected chi connectivity index (χ2v) is 3.76. The molecule has 2 unspecified atom stereocenters. The molecule has 1 aliphatic heterocycles. The molecule has 1 saturated heterocycles. The van der Waals surface area contributed by atoms with E-state index >= 15 is 0 Å². The van der Waals surface area contributed by atoms with Gasteiger partial charge in [-0.05, 0) is 38.8 Å². The van der Waals surface area contributed by atoms with Crippen molar-refractivity contribution in [3.05, 3.63) is 12.7 Å². The molecule has 72 valence electrons. The van der Waals surface area contributed by atoms with Gasteiger partial charge in [0.05, 0.1) is 0 Å². The van der Waals surface area contributed by atoms with Crippen LogP contribution in [-0.2, 0) is 0 Å². The Morgan fingerprint density at radius 2 is 2.23 bits per heavy atom. The summed E-state index contributed by atoms with van der Waals surface area (Å²) in [5.41, 5.74) is 0. The first kappa shape index (κ1) is 8.69. The quantitative estimate of drug-likeness (QED) is 0.733. The maximum Gasteiger partial charge on any atom is 0.119 e. The summed E-state index contributed by atoms with van der Waals surface area (Å²) < 4.78 is 2.09. The van der Waals surface area contributed by atoms with Crippen molar-refractivity contribution >= 4 is 0 Å². The zero-order valence-electron chi connectivity index (χ0n) is 7.98. The van der Waals surface area contributed by atoms with Crippen LogP contribution >= 0.6 is 0 Å². The van der Waals surface area contributed by atoms with Gasteiger partial charge in [-0.3, -0.25) is 0 Å². The summed E-state index contributed by atoms with van der Waals surface area (Å²) in [7, 11) is 0. The molecule has 2 heterocycles. The molecule has 1 aromatic heterocycles. The Morgan fingerprint density at radius 3 is 2.85 bits per heavy atom. The molecule has 1 aliphatic rings. The van der Waals surface area contributed by atoms with Crippen LogP contribution in [0.3, 0.4) is 0 Å². The predicted molar refractivity (Wildman–Crippen MR) is 50.3 cm³/mol. The molecule has 13 heavy (non-hydrogen) atoms. The van der Waals surface area contributed by atoms with E-state index in [-0.39, 0.29) is 0 Å². The van der Waals surface area contributed by atoms with E-state index in [2.05, 4.69) is 27.0 Å². The van der Waals surface area contributed by atoms with Crippen LogP contribution in [-0.4, -0.2) is 27.9 Å². The minimum absolute atomic E-state index is 0.516. The molecule has 1 N–H and O–H groups in total. The molecule has 0 aromatic carbocycles. The number of nitrogens with one attached hydrogen (secondary N) is 1. The van der Waals surface area contributed by atoms with Gasteiger partial charge in [0.1, 0.15) is 12.7 Å². The minimum Gasteiger partial charge on any atom is -0.317 e. The van der Waals surface area contributed by atoms with E-state index in [0.29, 0.717) is 6.04 Å². The molecule has 1 aromatic rings. The van der Waals surface area contributed by atoms with Crippen molar-refractivity contribution in [1.82, 2.24) is 20.1 Å². The summed E-state index contributed by atoms with van der Waals surface area (Å²) in [6.07, 6.45) is 6.21. The average molecular weight is 180 g/mol. The van der Waals surface area contributed by atoms with Gasteiger partial charge < -0.3 is 9.88 Å². The van der Waals surface area contributed by atoms with E-state index in [1.54, 1.807) is 12.7 Å². The molecule has 0 radical (unpaired) electrons. The maximum absolute atomic E-state index is 3.83. The van der Waals surface area contributed by atoms with Crippen LogP contribution in [0.25, 0.3) is 0 Å². The summed E-state index contributed by atoms with van der Waals surface area (Å²) in [5, 5.41) is 11.1. The van der Waals surface area contributed by atoms with Crippen molar-refractivity contribution in [2.45, 2.75) is 25.8 Å². The molecule has 4 nitrogen and oxygen atoms in total. The van der Waals surface area contributed by atoms with E-state index in [4.69, 9.17) is 0 Å². The Morgan fingerprint density at radius 1 is 1.46 bits per heavy atom. The summed E-state index contributed by atoms with van der Waals surface area (Å²) in [6.45, 7) is 4.53. The van der Waals surface area contributed by atoms with Gasteiger partial charge in [0.25, 0.3) is 0 Å². The number of nitrogens with zero attached hydrogens (tertiary/aromatic N) is 3. The number of rotatable bonds is 2. The van der Waals surface area contributed by atoms with Gasteiger partial charge in [0, 0.05) is 6.04 Å². The highest BCUT2D eigenvalue weighted by Gasteiger charge is 2.20. The van der Waals surface area contributed by atoms with Gasteiger partial charge in [-0.1, -0.05) is 0 Å². The molecule has 0 spiro atoms. The minimum atomic E-state index is 0.516. The molecule has 0 amide bonds. The summed E-state index contributed by atoms with van der Waals surface area (Å²) in [4.78, 5) is 0. The first-order chi connectivity index (χ1) is 6.38. The fraction of sp³-hybridized carbons (Fsp3) is 0.778. The number of aromatic nitrogens is 3. The second kappa shape index (κ2) is 3.87. The van der Waals surface area contributed by atoms with Gasteiger partial charge in [-0.25, -0.2) is 0 Å². The fourth-order valence-electron chi connectivity index (χ4n) is 1.95.